The van der Waals surface area contributed by atoms with E-state index in [-0.39, 0.29) is 34.7 Å². The first kappa shape index (κ1) is 17.0. The molecule has 2 heterocycles. The summed E-state index contributed by atoms with van der Waals surface area (Å²) >= 11 is 0. The summed E-state index contributed by atoms with van der Waals surface area (Å²) in [5, 5.41) is 23.5. The molecule has 1 aromatic carbocycles. The number of nitrogen functional groups attached to an aromatic ring is 2. The minimum Gasteiger partial charge on any atom is -0.397 e. The molecule has 0 spiro atoms. The third-order valence-corrected chi connectivity index (χ3v) is 4.13. The van der Waals surface area contributed by atoms with Crippen LogP contribution in [0.25, 0.3) is 0 Å². The van der Waals surface area contributed by atoms with E-state index in [2.05, 4.69) is 20.6 Å². The van der Waals surface area contributed by atoms with Gasteiger partial charge in [-0.05, 0) is 30.5 Å². The van der Waals surface area contributed by atoms with Crippen molar-refractivity contribution >= 4 is 23.3 Å². The molecular formula is C17H15FN8. The van der Waals surface area contributed by atoms with Gasteiger partial charge >= 0.3 is 0 Å². The number of hydrogen-bond acceptors (Lipinski definition) is 8. The van der Waals surface area contributed by atoms with Crippen LogP contribution >= 0.6 is 0 Å². The third-order valence-electron chi connectivity index (χ3n) is 4.13. The lowest BCUT2D eigenvalue weighted by molar-refractivity contribution is 0.607. The van der Waals surface area contributed by atoms with Crippen LogP contribution in [0.2, 0.25) is 0 Å². The van der Waals surface area contributed by atoms with Gasteiger partial charge in [0.1, 0.15) is 35.1 Å². The fraction of sp³-hybridized carbons (Fsp3) is 0.176. The Morgan fingerprint density at radius 2 is 1.88 bits per heavy atom. The highest BCUT2D eigenvalue weighted by Gasteiger charge is 2.30. The van der Waals surface area contributed by atoms with Gasteiger partial charge in [-0.15, -0.1) is 0 Å². The zero-order valence-electron chi connectivity index (χ0n) is 14.1. The molecule has 130 valence electrons. The highest BCUT2D eigenvalue weighted by molar-refractivity contribution is 5.98. The molecule has 1 atom stereocenters. The van der Waals surface area contributed by atoms with Crippen molar-refractivity contribution in [2.45, 2.75) is 19.9 Å². The molecule has 9 heteroatoms. The number of nitrogens with two attached hydrogens (primary N) is 2. The zero-order valence-corrected chi connectivity index (χ0v) is 14.1. The average molecular weight is 350 g/mol. The number of nitrogens with zero attached hydrogens (tertiary/aromatic N) is 4. The average Bonchev–Trinajstić information content (AvgIpc) is 2.59. The van der Waals surface area contributed by atoms with Crippen molar-refractivity contribution in [1.82, 2.24) is 10.3 Å². The number of nitrogens with one attached hydrogen (secondary N) is 2. The molecule has 3 rings (SSSR count). The second-order valence-corrected chi connectivity index (χ2v) is 5.87. The van der Waals surface area contributed by atoms with Crippen LogP contribution in [0, 0.1) is 42.5 Å². The highest BCUT2D eigenvalue weighted by atomic mass is 19.1. The van der Waals surface area contributed by atoms with E-state index < -0.39 is 6.04 Å². The van der Waals surface area contributed by atoms with E-state index in [1.807, 2.05) is 6.07 Å². The number of benzene rings is 1. The Labute approximate surface area is 149 Å². The summed E-state index contributed by atoms with van der Waals surface area (Å²) in [5.41, 5.74) is 14.2. The van der Waals surface area contributed by atoms with Crippen molar-refractivity contribution in [1.29, 1.82) is 10.5 Å². The number of aliphatic imine (C=N–C) groups is 1. The quantitative estimate of drug-likeness (QED) is 0.452. The van der Waals surface area contributed by atoms with Crippen LogP contribution in [0.1, 0.15) is 33.9 Å². The van der Waals surface area contributed by atoms with Crippen LogP contribution in [0.4, 0.5) is 21.7 Å². The summed E-state index contributed by atoms with van der Waals surface area (Å²) in [6.45, 7) is 3.30. The van der Waals surface area contributed by atoms with E-state index in [0.29, 0.717) is 22.3 Å². The van der Waals surface area contributed by atoms with E-state index in [1.54, 1.807) is 32.2 Å². The smallest absolute Gasteiger partial charge is 0.211 e. The Morgan fingerprint density at radius 1 is 1.23 bits per heavy atom. The van der Waals surface area contributed by atoms with E-state index in [9.17, 15) is 9.65 Å². The maximum Gasteiger partial charge on any atom is 0.211 e. The Morgan fingerprint density at radius 3 is 2.46 bits per heavy atom. The summed E-state index contributed by atoms with van der Waals surface area (Å²) in [7, 11) is 0. The fourth-order valence-corrected chi connectivity index (χ4v) is 2.96. The molecule has 8 nitrogen and oxygen atoms in total. The molecule has 1 aromatic heterocycles. The number of anilines is 3. The summed E-state index contributed by atoms with van der Waals surface area (Å²) in [6.07, 6.45) is 1.78. The molecule has 26 heavy (non-hydrogen) atoms. The molecule has 0 fully saturated rings. The second-order valence-electron chi connectivity index (χ2n) is 5.87. The molecule has 0 saturated carbocycles. The van der Waals surface area contributed by atoms with Gasteiger partial charge in [-0.3, -0.25) is 5.32 Å². The lowest BCUT2D eigenvalue weighted by Gasteiger charge is -2.26. The van der Waals surface area contributed by atoms with Gasteiger partial charge in [-0.25, -0.2) is 14.4 Å². The van der Waals surface area contributed by atoms with Gasteiger partial charge in [-0.2, -0.15) is 10.5 Å². The molecule has 6 N–H and O–H groups in total. The molecule has 1 aliphatic rings. The SMILES string of the molecule is Cc1cc(C2N=C(NC#N)Nc3nc(N)c(C#N)c(N)c32)cc(C)c1F. The minimum atomic E-state index is -0.680. The van der Waals surface area contributed by atoms with Crippen LogP contribution in [-0.2, 0) is 0 Å². The monoisotopic (exact) mass is 350 g/mol. The Kier molecular flexibility index (Phi) is 4.07. The molecule has 1 unspecified atom stereocenters. The highest BCUT2D eigenvalue weighted by Crippen LogP contribution is 2.41. The Hall–Kier alpha value is -3.85. The minimum absolute atomic E-state index is 0.0281. The van der Waals surface area contributed by atoms with Crippen molar-refractivity contribution in [2.24, 2.45) is 4.99 Å². The van der Waals surface area contributed by atoms with Gasteiger partial charge < -0.3 is 16.8 Å². The summed E-state index contributed by atoms with van der Waals surface area (Å²) < 4.78 is 14.0. The summed E-state index contributed by atoms with van der Waals surface area (Å²) in [6, 6.07) is 4.56. The molecule has 0 amide bonds. The van der Waals surface area contributed by atoms with Crippen LogP contribution < -0.4 is 22.1 Å². The number of guanidine groups is 1. The first-order chi connectivity index (χ1) is 12.4. The van der Waals surface area contributed by atoms with Gasteiger partial charge in [0.15, 0.2) is 6.19 Å². The molecular weight excluding hydrogens is 335 g/mol. The molecule has 0 saturated heterocycles. The summed E-state index contributed by atoms with van der Waals surface area (Å²) in [5.74, 6) is 0.111. The number of aryl methyl sites for hydroxylation is 2. The van der Waals surface area contributed by atoms with Crippen molar-refractivity contribution in [3.8, 4) is 12.3 Å². The predicted octanol–water partition coefficient (Wildman–Crippen LogP) is 1.82. The number of fused-ring (bicyclic) bond motifs is 1. The van der Waals surface area contributed by atoms with Gasteiger partial charge in [0.05, 0.1) is 5.69 Å². The normalized spacial score (nSPS) is 15.1. The Balaban J connectivity index is 2.28. The Bertz CT molecular complexity index is 1010. The van der Waals surface area contributed by atoms with Gasteiger partial charge in [0.2, 0.25) is 5.96 Å². The fourth-order valence-electron chi connectivity index (χ4n) is 2.96. The molecule has 2 aromatic rings. The number of nitriles is 2. The maximum atomic E-state index is 14.0. The maximum absolute atomic E-state index is 14.0. The second kappa shape index (κ2) is 6.22. The van der Waals surface area contributed by atoms with Crippen LogP contribution in [-0.4, -0.2) is 10.9 Å². The lowest BCUT2D eigenvalue weighted by Crippen LogP contribution is -2.32. The van der Waals surface area contributed by atoms with Crippen molar-refractivity contribution in [3.63, 3.8) is 0 Å². The first-order valence-electron chi connectivity index (χ1n) is 7.62. The number of pyridine rings is 1. The van der Waals surface area contributed by atoms with E-state index >= 15 is 0 Å². The third kappa shape index (κ3) is 2.62. The number of halogens is 1. The van der Waals surface area contributed by atoms with E-state index in [0.717, 1.165) is 0 Å². The number of rotatable bonds is 1. The van der Waals surface area contributed by atoms with Crippen LogP contribution in [0.3, 0.4) is 0 Å². The molecule has 1 aliphatic heterocycles. The van der Waals surface area contributed by atoms with E-state index in [4.69, 9.17) is 16.7 Å². The zero-order chi connectivity index (χ0) is 19.0. The van der Waals surface area contributed by atoms with Crippen molar-refractivity contribution < 1.29 is 4.39 Å². The largest absolute Gasteiger partial charge is 0.397 e. The molecule has 0 radical (unpaired) electrons. The number of aromatic nitrogens is 1. The summed E-state index contributed by atoms with van der Waals surface area (Å²) in [4.78, 5) is 8.62. The van der Waals surface area contributed by atoms with Gasteiger partial charge in [0.25, 0.3) is 0 Å². The van der Waals surface area contributed by atoms with E-state index in [1.165, 1.54) is 0 Å². The predicted molar refractivity (Wildman–Crippen MR) is 95.3 cm³/mol. The lowest BCUT2D eigenvalue weighted by atomic mass is 9.93. The van der Waals surface area contributed by atoms with Gasteiger partial charge in [-0.1, -0.05) is 12.1 Å². The molecule has 0 bridgehead atoms. The van der Waals surface area contributed by atoms with Crippen LogP contribution in [0.5, 0.6) is 0 Å². The van der Waals surface area contributed by atoms with Crippen molar-refractivity contribution in [3.05, 3.63) is 45.8 Å². The standard InChI is InChI=1S/C17H15FN8/c1-7-3-9(4-8(2)12(7)18)14-11-13(21)10(5-19)15(22)25-16(11)26-17(24-14)23-6-20/h3-4,14H,1-2H3,(H6,21,22,23,24,25,26). The van der Waals surface area contributed by atoms with Crippen LogP contribution in [0.15, 0.2) is 17.1 Å². The number of hydrogen-bond donors (Lipinski definition) is 4. The van der Waals surface area contributed by atoms with Gasteiger partial charge in [0, 0.05) is 5.56 Å². The van der Waals surface area contributed by atoms with Crippen molar-refractivity contribution in [2.75, 3.05) is 16.8 Å². The first-order valence-corrected chi connectivity index (χ1v) is 7.62. The molecule has 0 aliphatic carbocycles. The topological polar surface area (TPSA) is 149 Å².